The second kappa shape index (κ2) is 8.74. The molecule has 2 N–H and O–H groups in total. The second-order valence-corrected chi connectivity index (χ2v) is 7.21. The van der Waals surface area contributed by atoms with Crippen LogP contribution in [-0.4, -0.2) is 45.5 Å². The second-order valence-electron chi connectivity index (χ2n) is 7.21. The van der Waals surface area contributed by atoms with Crippen LogP contribution in [0.15, 0.2) is 54.6 Å². The first-order valence-electron chi connectivity index (χ1n) is 9.76. The van der Waals surface area contributed by atoms with Gasteiger partial charge in [-0.05, 0) is 12.1 Å². The van der Waals surface area contributed by atoms with Gasteiger partial charge in [0.05, 0.1) is 35.9 Å². The van der Waals surface area contributed by atoms with Crippen molar-refractivity contribution in [1.82, 2.24) is 4.98 Å². The first kappa shape index (κ1) is 20.2. The SMILES string of the molecule is O=[N+]([O-])c1ccccc1CCOc1nc2ccccc2cc1[C@H]1C[C@H](O)[C@@H](CO)O1. The fourth-order valence-electron chi connectivity index (χ4n) is 3.71. The number of rotatable bonds is 7. The molecule has 2 aromatic carbocycles. The van der Waals surface area contributed by atoms with E-state index in [0.29, 0.717) is 29.8 Å². The van der Waals surface area contributed by atoms with Crippen molar-refractivity contribution >= 4 is 16.6 Å². The summed E-state index contributed by atoms with van der Waals surface area (Å²) in [5.41, 5.74) is 2.07. The van der Waals surface area contributed by atoms with Crippen molar-refractivity contribution < 1.29 is 24.6 Å². The molecule has 2 heterocycles. The number of benzene rings is 2. The van der Waals surface area contributed by atoms with Crippen LogP contribution in [0.1, 0.15) is 23.7 Å². The van der Waals surface area contributed by atoms with E-state index in [9.17, 15) is 20.3 Å². The molecule has 3 atom stereocenters. The summed E-state index contributed by atoms with van der Waals surface area (Å²) in [5, 5.41) is 31.6. The maximum atomic E-state index is 11.2. The van der Waals surface area contributed by atoms with Crippen LogP contribution in [-0.2, 0) is 11.2 Å². The van der Waals surface area contributed by atoms with Crippen molar-refractivity contribution in [1.29, 1.82) is 0 Å². The molecule has 1 aliphatic rings. The highest BCUT2D eigenvalue weighted by Crippen LogP contribution is 2.38. The van der Waals surface area contributed by atoms with E-state index >= 15 is 0 Å². The quantitative estimate of drug-likeness (QED) is 0.454. The van der Waals surface area contributed by atoms with E-state index in [2.05, 4.69) is 4.98 Å². The van der Waals surface area contributed by atoms with Crippen molar-refractivity contribution in [2.75, 3.05) is 13.2 Å². The lowest BCUT2D eigenvalue weighted by Gasteiger charge is -2.17. The minimum absolute atomic E-state index is 0.0563. The molecule has 1 fully saturated rings. The third-order valence-corrected chi connectivity index (χ3v) is 5.27. The summed E-state index contributed by atoms with van der Waals surface area (Å²) in [6.07, 6.45) is -1.22. The molecule has 156 valence electrons. The number of nitro benzene ring substituents is 1. The van der Waals surface area contributed by atoms with E-state index in [1.807, 2.05) is 30.3 Å². The van der Waals surface area contributed by atoms with Gasteiger partial charge in [0.15, 0.2) is 0 Å². The number of nitrogens with zero attached hydrogens (tertiary/aromatic N) is 2. The lowest BCUT2D eigenvalue weighted by Crippen LogP contribution is -2.24. The molecule has 0 aliphatic carbocycles. The zero-order valence-electron chi connectivity index (χ0n) is 16.2. The maximum absolute atomic E-state index is 11.2. The van der Waals surface area contributed by atoms with Crippen LogP contribution in [0.25, 0.3) is 10.9 Å². The summed E-state index contributed by atoms with van der Waals surface area (Å²) in [7, 11) is 0. The Morgan fingerprint density at radius 3 is 2.73 bits per heavy atom. The van der Waals surface area contributed by atoms with E-state index in [1.165, 1.54) is 6.07 Å². The van der Waals surface area contributed by atoms with E-state index < -0.39 is 23.2 Å². The van der Waals surface area contributed by atoms with Gasteiger partial charge < -0.3 is 19.7 Å². The number of pyridine rings is 1. The van der Waals surface area contributed by atoms with E-state index in [-0.39, 0.29) is 18.9 Å². The molecule has 0 spiro atoms. The summed E-state index contributed by atoms with van der Waals surface area (Å²) >= 11 is 0. The van der Waals surface area contributed by atoms with Crippen molar-refractivity contribution in [3.63, 3.8) is 0 Å². The zero-order chi connectivity index (χ0) is 21.1. The van der Waals surface area contributed by atoms with Gasteiger partial charge in [-0.2, -0.15) is 0 Å². The summed E-state index contributed by atoms with van der Waals surface area (Å²) < 4.78 is 11.7. The molecule has 0 amide bonds. The van der Waals surface area contributed by atoms with Crippen molar-refractivity contribution in [3.8, 4) is 5.88 Å². The molecule has 30 heavy (non-hydrogen) atoms. The molecule has 1 saturated heterocycles. The number of nitro groups is 1. The van der Waals surface area contributed by atoms with Crippen LogP contribution < -0.4 is 4.74 Å². The number of aromatic nitrogens is 1. The lowest BCUT2D eigenvalue weighted by molar-refractivity contribution is -0.385. The van der Waals surface area contributed by atoms with E-state index in [0.717, 1.165) is 10.9 Å². The molecular formula is C22H22N2O6. The van der Waals surface area contributed by atoms with Crippen LogP contribution in [0.4, 0.5) is 5.69 Å². The number of hydrogen-bond donors (Lipinski definition) is 2. The molecule has 1 aliphatic heterocycles. The zero-order valence-corrected chi connectivity index (χ0v) is 16.2. The Hall–Kier alpha value is -3.07. The van der Waals surface area contributed by atoms with Gasteiger partial charge in [0.25, 0.3) is 5.69 Å². The first-order valence-corrected chi connectivity index (χ1v) is 9.76. The molecule has 3 aromatic rings. The van der Waals surface area contributed by atoms with Crippen molar-refractivity contribution in [2.45, 2.75) is 31.2 Å². The fourth-order valence-corrected chi connectivity index (χ4v) is 3.71. The number of fused-ring (bicyclic) bond motifs is 1. The number of ether oxygens (including phenoxy) is 2. The smallest absolute Gasteiger partial charge is 0.272 e. The topological polar surface area (TPSA) is 115 Å². The summed E-state index contributed by atoms with van der Waals surface area (Å²) in [5.74, 6) is 0.364. The van der Waals surface area contributed by atoms with Gasteiger partial charge in [0, 0.05) is 35.4 Å². The summed E-state index contributed by atoms with van der Waals surface area (Å²) in [6.45, 7) is -0.0750. The average molecular weight is 410 g/mol. The van der Waals surface area contributed by atoms with Gasteiger partial charge in [-0.15, -0.1) is 0 Å². The minimum Gasteiger partial charge on any atom is -0.477 e. The van der Waals surface area contributed by atoms with Crippen molar-refractivity contribution in [3.05, 3.63) is 75.8 Å². The highest BCUT2D eigenvalue weighted by molar-refractivity contribution is 5.80. The van der Waals surface area contributed by atoms with Gasteiger partial charge in [-0.1, -0.05) is 36.4 Å². The molecule has 0 saturated carbocycles. The van der Waals surface area contributed by atoms with Crippen LogP contribution in [0, 0.1) is 10.1 Å². The van der Waals surface area contributed by atoms with Gasteiger partial charge in [0.1, 0.15) is 6.10 Å². The van der Waals surface area contributed by atoms with Gasteiger partial charge in [-0.3, -0.25) is 10.1 Å². The molecule has 8 heteroatoms. The molecule has 4 rings (SSSR count). The van der Waals surface area contributed by atoms with E-state index in [4.69, 9.17) is 9.47 Å². The standard InChI is InChI=1S/C22H22N2O6/c25-13-21-19(26)12-20(30-21)16-11-15-6-1-3-7-17(15)23-22(16)29-10-9-14-5-2-4-8-18(14)24(27)28/h1-8,11,19-21,25-26H,9-10,12-13H2/t19-,20+,21+/m0/s1. The van der Waals surface area contributed by atoms with E-state index in [1.54, 1.807) is 18.2 Å². The van der Waals surface area contributed by atoms with Crippen molar-refractivity contribution in [2.24, 2.45) is 0 Å². The van der Waals surface area contributed by atoms with Crippen LogP contribution in [0.5, 0.6) is 5.88 Å². The minimum atomic E-state index is -0.772. The molecular weight excluding hydrogens is 388 g/mol. The van der Waals surface area contributed by atoms with Crippen LogP contribution >= 0.6 is 0 Å². The Labute approximate surface area is 172 Å². The third-order valence-electron chi connectivity index (χ3n) is 5.27. The predicted molar refractivity (Wildman–Crippen MR) is 109 cm³/mol. The Kier molecular flexibility index (Phi) is 5.89. The van der Waals surface area contributed by atoms with Crippen LogP contribution in [0.3, 0.4) is 0 Å². The van der Waals surface area contributed by atoms with Gasteiger partial charge in [-0.25, -0.2) is 4.98 Å². The molecule has 0 radical (unpaired) electrons. The largest absolute Gasteiger partial charge is 0.477 e. The highest BCUT2D eigenvalue weighted by Gasteiger charge is 2.36. The van der Waals surface area contributed by atoms with Crippen LogP contribution in [0.2, 0.25) is 0 Å². The Morgan fingerprint density at radius 2 is 1.97 bits per heavy atom. The summed E-state index contributed by atoms with van der Waals surface area (Å²) in [4.78, 5) is 15.4. The molecule has 0 unspecified atom stereocenters. The molecule has 8 nitrogen and oxygen atoms in total. The Bertz CT molecular complexity index is 1060. The Balaban J connectivity index is 1.59. The number of hydrogen-bond acceptors (Lipinski definition) is 7. The van der Waals surface area contributed by atoms with Gasteiger partial charge >= 0.3 is 0 Å². The summed E-state index contributed by atoms with van der Waals surface area (Å²) in [6, 6.07) is 16.1. The number of aliphatic hydroxyl groups excluding tert-OH is 2. The molecule has 0 bridgehead atoms. The monoisotopic (exact) mass is 410 g/mol. The number of aliphatic hydroxyl groups is 2. The molecule has 1 aromatic heterocycles. The highest BCUT2D eigenvalue weighted by atomic mass is 16.6. The fraction of sp³-hybridized carbons (Fsp3) is 0.318. The third kappa shape index (κ3) is 4.11. The lowest BCUT2D eigenvalue weighted by atomic mass is 10.0. The Morgan fingerprint density at radius 1 is 1.20 bits per heavy atom. The normalized spacial score (nSPS) is 21.1. The predicted octanol–water partition coefficient (Wildman–Crippen LogP) is 2.95. The maximum Gasteiger partial charge on any atom is 0.272 e. The first-order chi connectivity index (χ1) is 14.6. The average Bonchev–Trinajstić information content (AvgIpc) is 3.14. The van der Waals surface area contributed by atoms with Gasteiger partial charge in [0.2, 0.25) is 5.88 Å². The number of para-hydroxylation sites is 2.